The van der Waals surface area contributed by atoms with Crippen LogP contribution in [-0.2, 0) is 16.2 Å². The molecular formula is C44H46N2O2. The molecule has 0 unspecified atom stereocenters. The summed E-state index contributed by atoms with van der Waals surface area (Å²) in [7, 11) is 0. The van der Waals surface area contributed by atoms with Crippen LogP contribution in [0.25, 0.3) is 44.8 Å². The minimum atomic E-state index is -0.227. The monoisotopic (exact) mass is 634 g/mol. The van der Waals surface area contributed by atoms with E-state index >= 15 is 0 Å². The fourth-order valence-electron chi connectivity index (χ4n) is 5.94. The number of fused-ring (bicyclic) bond motifs is 1. The molecule has 0 aliphatic rings. The summed E-state index contributed by atoms with van der Waals surface area (Å²) in [6.45, 7) is 19.6. The van der Waals surface area contributed by atoms with Crippen molar-refractivity contribution in [1.29, 1.82) is 0 Å². The standard InChI is InChI=1S/C44H46N2O2/c1-42(2,3)32-23-31(40(47)36(25-32)44(7,8)9)27-45-37-18-14-13-17-34(37)41-46-39-35(24-33(43(4,5)6)26-38(39)48-41)30-21-19-29(20-22-30)28-15-11-10-12-16-28/h10-27,47H,1-9H3. The van der Waals surface area contributed by atoms with Gasteiger partial charge in [-0.2, -0.15) is 0 Å². The fourth-order valence-corrected chi connectivity index (χ4v) is 5.94. The summed E-state index contributed by atoms with van der Waals surface area (Å²) in [4.78, 5) is 10.0. The van der Waals surface area contributed by atoms with E-state index in [0.29, 0.717) is 17.1 Å². The van der Waals surface area contributed by atoms with Crippen LogP contribution in [-0.4, -0.2) is 16.3 Å². The van der Waals surface area contributed by atoms with E-state index in [-0.39, 0.29) is 22.0 Å². The smallest absolute Gasteiger partial charge is 0.229 e. The van der Waals surface area contributed by atoms with Crippen molar-refractivity contribution in [2.45, 2.75) is 78.6 Å². The molecule has 4 heteroatoms. The van der Waals surface area contributed by atoms with Gasteiger partial charge in [-0.05, 0) is 74.4 Å². The van der Waals surface area contributed by atoms with Crippen LogP contribution in [0, 0.1) is 0 Å². The lowest BCUT2D eigenvalue weighted by Crippen LogP contribution is -2.17. The number of aromatic hydroxyl groups is 1. The third kappa shape index (κ3) is 6.71. The normalized spacial score (nSPS) is 12.7. The summed E-state index contributed by atoms with van der Waals surface area (Å²) in [5, 5.41) is 11.4. The van der Waals surface area contributed by atoms with E-state index in [4.69, 9.17) is 14.4 Å². The molecule has 5 aromatic carbocycles. The Kier molecular flexibility index (Phi) is 8.41. The number of benzene rings is 5. The number of oxazole rings is 1. The lowest BCUT2D eigenvalue weighted by atomic mass is 9.79. The Morgan fingerprint density at radius 3 is 1.83 bits per heavy atom. The van der Waals surface area contributed by atoms with E-state index in [1.165, 1.54) is 16.7 Å². The molecule has 0 saturated carbocycles. The highest BCUT2D eigenvalue weighted by Gasteiger charge is 2.25. The van der Waals surface area contributed by atoms with Gasteiger partial charge in [-0.15, -0.1) is 0 Å². The number of rotatable bonds is 5. The second kappa shape index (κ2) is 12.2. The summed E-state index contributed by atoms with van der Waals surface area (Å²) in [5.41, 5.74) is 11.1. The van der Waals surface area contributed by atoms with Crippen LogP contribution < -0.4 is 0 Å². The molecule has 0 bridgehead atoms. The molecule has 0 atom stereocenters. The molecule has 48 heavy (non-hydrogen) atoms. The third-order valence-electron chi connectivity index (χ3n) is 8.95. The lowest BCUT2D eigenvalue weighted by Gasteiger charge is -2.27. The van der Waals surface area contributed by atoms with Crippen LogP contribution in [0.1, 0.15) is 84.6 Å². The first-order valence-corrected chi connectivity index (χ1v) is 16.7. The highest BCUT2D eigenvalue weighted by molar-refractivity contribution is 5.94. The van der Waals surface area contributed by atoms with E-state index in [1.807, 2.05) is 36.4 Å². The molecule has 244 valence electrons. The summed E-state index contributed by atoms with van der Waals surface area (Å²) < 4.78 is 6.55. The van der Waals surface area contributed by atoms with E-state index in [2.05, 4.69) is 129 Å². The SMILES string of the molecule is CC(C)(C)c1cc(C=Nc2ccccc2-c2nc3c(-c4ccc(-c5ccccc5)cc4)cc(C(C)(C)C)cc3o2)c(O)c(C(C)(C)C)c1. The molecule has 1 aromatic heterocycles. The van der Waals surface area contributed by atoms with Gasteiger partial charge in [-0.3, -0.25) is 4.99 Å². The Hall–Kier alpha value is -4.96. The number of phenolic OH excluding ortho intramolecular Hbond substituents is 1. The first kappa shape index (κ1) is 33.0. The molecule has 6 aromatic rings. The van der Waals surface area contributed by atoms with Crippen LogP contribution in [0.5, 0.6) is 5.75 Å². The van der Waals surface area contributed by atoms with E-state index in [0.717, 1.165) is 38.9 Å². The van der Waals surface area contributed by atoms with Crippen LogP contribution in [0.4, 0.5) is 5.69 Å². The maximum Gasteiger partial charge on any atom is 0.229 e. The van der Waals surface area contributed by atoms with Gasteiger partial charge in [0, 0.05) is 22.9 Å². The number of hydrogen-bond acceptors (Lipinski definition) is 4. The molecule has 6 rings (SSSR count). The Bertz CT molecular complexity index is 2120. The Morgan fingerprint density at radius 1 is 0.604 bits per heavy atom. The fraction of sp³-hybridized carbons (Fsp3) is 0.273. The maximum atomic E-state index is 11.4. The average Bonchev–Trinajstić information content (AvgIpc) is 3.47. The number of hydrogen-bond donors (Lipinski definition) is 1. The zero-order chi connectivity index (χ0) is 34.4. The number of nitrogens with zero attached hydrogens (tertiary/aromatic N) is 2. The van der Waals surface area contributed by atoms with E-state index in [9.17, 15) is 5.11 Å². The number of para-hydroxylation sites is 1. The number of phenols is 1. The van der Waals surface area contributed by atoms with Crippen molar-refractivity contribution in [2.75, 3.05) is 0 Å². The summed E-state index contributed by atoms with van der Waals surface area (Å²) >= 11 is 0. The third-order valence-corrected chi connectivity index (χ3v) is 8.95. The highest BCUT2D eigenvalue weighted by atomic mass is 16.3. The van der Waals surface area contributed by atoms with Crippen molar-refractivity contribution in [3.05, 3.63) is 125 Å². The predicted octanol–water partition coefficient (Wildman–Crippen LogP) is 12.2. The molecule has 0 amide bonds. The second-order valence-electron chi connectivity index (χ2n) is 15.8. The summed E-state index contributed by atoms with van der Waals surface area (Å²) in [5.74, 6) is 0.769. The van der Waals surface area contributed by atoms with E-state index < -0.39 is 0 Å². The molecular weight excluding hydrogens is 588 g/mol. The second-order valence-corrected chi connectivity index (χ2v) is 15.8. The molecule has 4 nitrogen and oxygen atoms in total. The van der Waals surface area contributed by atoms with E-state index in [1.54, 1.807) is 6.21 Å². The van der Waals surface area contributed by atoms with Gasteiger partial charge in [-0.1, -0.05) is 135 Å². The Morgan fingerprint density at radius 2 is 1.19 bits per heavy atom. The quantitative estimate of drug-likeness (QED) is 0.192. The lowest BCUT2D eigenvalue weighted by molar-refractivity contribution is 0.444. The highest BCUT2D eigenvalue weighted by Crippen LogP contribution is 2.40. The predicted molar refractivity (Wildman–Crippen MR) is 202 cm³/mol. The van der Waals surface area contributed by atoms with Crippen LogP contribution in [0.3, 0.4) is 0 Å². The molecule has 1 heterocycles. The zero-order valence-electron chi connectivity index (χ0n) is 29.6. The van der Waals surface area contributed by atoms with Crippen LogP contribution in [0.2, 0.25) is 0 Å². The molecule has 0 aliphatic heterocycles. The molecule has 0 radical (unpaired) electrons. The van der Waals surface area contributed by atoms with Gasteiger partial charge >= 0.3 is 0 Å². The molecule has 0 saturated heterocycles. The van der Waals surface area contributed by atoms with Crippen molar-refractivity contribution < 1.29 is 9.52 Å². The Balaban J connectivity index is 1.45. The topological polar surface area (TPSA) is 58.6 Å². The molecule has 0 spiro atoms. The van der Waals surface area contributed by atoms with Gasteiger partial charge in [0.15, 0.2) is 5.58 Å². The van der Waals surface area contributed by atoms with Crippen molar-refractivity contribution in [1.82, 2.24) is 4.98 Å². The summed E-state index contributed by atoms with van der Waals surface area (Å²) in [6, 6.07) is 35.5. The molecule has 1 N–H and O–H groups in total. The molecule has 0 aliphatic carbocycles. The van der Waals surface area contributed by atoms with Gasteiger partial charge < -0.3 is 9.52 Å². The Labute approximate surface area is 285 Å². The minimum Gasteiger partial charge on any atom is -0.507 e. The first-order valence-electron chi connectivity index (χ1n) is 16.7. The van der Waals surface area contributed by atoms with Crippen LogP contribution in [0.15, 0.2) is 113 Å². The van der Waals surface area contributed by atoms with Crippen LogP contribution >= 0.6 is 0 Å². The van der Waals surface area contributed by atoms with Gasteiger partial charge in [0.05, 0.1) is 11.3 Å². The minimum absolute atomic E-state index is 0.0854. The van der Waals surface area contributed by atoms with Crippen molar-refractivity contribution in [3.63, 3.8) is 0 Å². The first-order chi connectivity index (χ1) is 22.6. The van der Waals surface area contributed by atoms with Crippen molar-refractivity contribution in [2.24, 2.45) is 4.99 Å². The zero-order valence-corrected chi connectivity index (χ0v) is 29.6. The largest absolute Gasteiger partial charge is 0.507 e. The summed E-state index contributed by atoms with van der Waals surface area (Å²) in [6.07, 6.45) is 1.76. The van der Waals surface area contributed by atoms with Crippen molar-refractivity contribution in [3.8, 4) is 39.5 Å². The maximum absolute atomic E-state index is 11.4. The van der Waals surface area contributed by atoms with Gasteiger partial charge in [0.2, 0.25) is 5.89 Å². The number of aromatic nitrogens is 1. The van der Waals surface area contributed by atoms with Gasteiger partial charge in [-0.25, -0.2) is 4.98 Å². The number of aliphatic imine (C=N–C) groups is 1. The average molecular weight is 635 g/mol. The van der Waals surface area contributed by atoms with Crippen molar-refractivity contribution >= 4 is 23.0 Å². The van der Waals surface area contributed by atoms with Gasteiger partial charge in [0.25, 0.3) is 0 Å². The van der Waals surface area contributed by atoms with Gasteiger partial charge in [0.1, 0.15) is 11.3 Å². The molecule has 0 fully saturated rings.